The Bertz CT molecular complexity index is 1220. The van der Waals surface area contributed by atoms with Gasteiger partial charge >= 0.3 is 0 Å². The number of nitrogens with zero attached hydrogens (tertiary/aromatic N) is 2. The molecule has 156 valence electrons. The number of imide groups is 1. The van der Waals surface area contributed by atoms with Crippen molar-refractivity contribution in [1.29, 1.82) is 0 Å². The zero-order valence-electron chi connectivity index (χ0n) is 17.5. The lowest BCUT2D eigenvalue weighted by atomic mass is 10.0. The zero-order chi connectivity index (χ0) is 22.3. The number of hydrogen-bond donors (Lipinski definition) is 0. The maximum absolute atomic E-state index is 13.1. The van der Waals surface area contributed by atoms with Crippen molar-refractivity contribution in [3.8, 4) is 0 Å². The molecule has 0 saturated heterocycles. The number of aryl methyl sites for hydroxylation is 2. The number of rotatable bonds is 4. The first-order chi connectivity index (χ1) is 14.8. The van der Waals surface area contributed by atoms with Crippen LogP contribution in [0.4, 0.5) is 5.69 Å². The maximum atomic E-state index is 13.1. The molecule has 1 aliphatic heterocycles. The summed E-state index contributed by atoms with van der Waals surface area (Å²) < 4.78 is 0. The molecule has 1 heterocycles. The summed E-state index contributed by atoms with van der Waals surface area (Å²) in [4.78, 5) is 41.8. The Morgan fingerprint density at radius 3 is 2.29 bits per heavy atom. The molecular weight excluding hydrogens is 412 g/mol. The minimum Gasteiger partial charge on any atom is -0.337 e. The van der Waals surface area contributed by atoms with Crippen LogP contribution in [0.3, 0.4) is 0 Å². The van der Waals surface area contributed by atoms with Crippen LogP contribution in [0.2, 0.25) is 5.02 Å². The van der Waals surface area contributed by atoms with E-state index < -0.39 is 5.91 Å². The van der Waals surface area contributed by atoms with Crippen LogP contribution < -0.4 is 4.90 Å². The second kappa shape index (κ2) is 8.00. The van der Waals surface area contributed by atoms with E-state index >= 15 is 0 Å². The van der Waals surface area contributed by atoms with Crippen LogP contribution in [0.25, 0.3) is 0 Å². The van der Waals surface area contributed by atoms with E-state index in [1.807, 2.05) is 44.2 Å². The summed E-state index contributed by atoms with van der Waals surface area (Å²) in [5, 5.41) is 0.632. The summed E-state index contributed by atoms with van der Waals surface area (Å²) in [6, 6.07) is 17.6. The Balaban J connectivity index is 1.61. The summed E-state index contributed by atoms with van der Waals surface area (Å²) in [5.41, 5.74) is 4.21. The molecule has 31 heavy (non-hydrogen) atoms. The van der Waals surface area contributed by atoms with Gasteiger partial charge in [0.15, 0.2) is 0 Å². The average molecular weight is 433 g/mol. The number of carbonyl (C=O) groups is 3. The highest BCUT2D eigenvalue weighted by atomic mass is 35.5. The van der Waals surface area contributed by atoms with E-state index in [-0.39, 0.29) is 17.4 Å². The van der Waals surface area contributed by atoms with E-state index in [4.69, 9.17) is 11.6 Å². The molecule has 0 atom stereocenters. The van der Waals surface area contributed by atoms with Gasteiger partial charge in [0, 0.05) is 24.2 Å². The Hall–Kier alpha value is -3.44. The molecule has 0 radical (unpaired) electrons. The first-order valence-corrected chi connectivity index (χ1v) is 10.2. The van der Waals surface area contributed by atoms with E-state index in [1.165, 1.54) is 11.0 Å². The predicted molar refractivity (Wildman–Crippen MR) is 121 cm³/mol. The largest absolute Gasteiger partial charge is 0.337 e. The zero-order valence-corrected chi connectivity index (χ0v) is 18.2. The average Bonchev–Trinajstić information content (AvgIpc) is 3.00. The highest BCUT2D eigenvalue weighted by Gasteiger charge is 2.38. The minimum atomic E-state index is -0.413. The summed E-state index contributed by atoms with van der Waals surface area (Å²) in [7, 11) is 1.69. The van der Waals surface area contributed by atoms with Gasteiger partial charge in [0.1, 0.15) is 0 Å². The fourth-order valence-corrected chi connectivity index (χ4v) is 3.83. The number of carbonyl (C=O) groups excluding carboxylic acids is 3. The number of hydrogen-bond acceptors (Lipinski definition) is 3. The molecule has 3 aromatic rings. The van der Waals surface area contributed by atoms with Gasteiger partial charge in [0.05, 0.1) is 16.8 Å². The van der Waals surface area contributed by atoms with Crippen LogP contribution in [0, 0.1) is 13.8 Å². The molecule has 4 rings (SSSR count). The first-order valence-electron chi connectivity index (χ1n) is 9.86. The normalized spacial score (nSPS) is 12.8. The molecule has 6 heteroatoms. The third-order valence-corrected chi connectivity index (χ3v) is 5.67. The molecule has 0 saturated carbocycles. The minimum absolute atomic E-state index is 0.233. The number of fused-ring (bicyclic) bond motifs is 1. The van der Waals surface area contributed by atoms with Gasteiger partial charge < -0.3 is 4.90 Å². The molecule has 1 aliphatic rings. The van der Waals surface area contributed by atoms with E-state index in [0.717, 1.165) is 16.7 Å². The molecule has 5 nitrogen and oxygen atoms in total. The Kier molecular flexibility index (Phi) is 5.38. The highest BCUT2D eigenvalue weighted by Crippen LogP contribution is 2.32. The lowest BCUT2D eigenvalue weighted by molar-refractivity contribution is 0.0784. The van der Waals surface area contributed by atoms with Crippen molar-refractivity contribution < 1.29 is 14.4 Å². The molecule has 3 amide bonds. The number of benzene rings is 3. The summed E-state index contributed by atoms with van der Waals surface area (Å²) in [5.74, 6) is -1.02. The van der Waals surface area contributed by atoms with Gasteiger partial charge in [-0.25, -0.2) is 4.90 Å². The van der Waals surface area contributed by atoms with Gasteiger partial charge in [0.25, 0.3) is 17.7 Å². The molecule has 3 aromatic carbocycles. The second-order valence-electron chi connectivity index (χ2n) is 7.78. The molecule has 0 aromatic heterocycles. The van der Waals surface area contributed by atoms with Crippen molar-refractivity contribution in [3.05, 3.63) is 99.1 Å². The smallest absolute Gasteiger partial charge is 0.266 e. The molecule has 0 spiro atoms. The third-order valence-electron chi connectivity index (χ3n) is 5.42. The van der Waals surface area contributed by atoms with Gasteiger partial charge in [-0.05, 0) is 66.9 Å². The van der Waals surface area contributed by atoms with Crippen molar-refractivity contribution in [1.82, 2.24) is 4.90 Å². The number of halogens is 1. The van der Waals surface area contributed by atoms with Crippen molar-refractivity contribution in [2.45, 2.75) is 20.4 Å². The van der Waals surface area contributed by atoms with E-state index in [0.29, 0.717) is 28.4 Å². The van der Waals surface area contributed by atoms with E-state index in [2.05, 4.69) is 0 Å². The van der Waals surface area contributed by atoms with Crippen LogP contribution in [0.5, 0.6) is 0 Å². The van der Waals surface area contributed by atoms with Crippen LogP contribution in [0.15, 0.2) is 60.7 Å². The lowest BCUT2D eigenvalue weighted by Crippen LogP contribution is -2.30. The van der Waals surface area contributed by atoms with Crippen molar-refractivity contribution >= 4 is 35.0 Å². The van der Waals surface area contributed by atoms with Crippen LogP contribution in [-0.2, 0) is 6.54 Å². The maximum Gasteiger partial charge on any atom is 0.266 e. The Morgan fingerprint density at radius 2 is 1.58 bits per heavy atom. The standard InChI is InChI=1S/C25H21ClN2O3/c1-15-4-5-16(2)22(12-15)28-24(30)20-11-8-18(13-21(20)25(28)31)23(29)27(3)14-17-6-9-19(26)10-7-17/h4-13H,14H2,1-3H3. The number of anilines is 1. The summed E-state index contributed by atoms with van der Waals surface area (Å²) in [6.07, 6.45) is 0. The topological polar surface area (TPSA) is 57.7 Å². The summed E-state index contributed by atoms with van der Waals surface area (Å²) in [6.45, 7) is 4.17. The molecule has 0 bridgehead atoms. The van der Waals surface area contributed by atoms with Gasteiger partial charge in [-0.3, -0.25) is 14.4 Å². The molecule has 0 aliphatic carbocycles. The van der Waals surface area contributed by atoms with Crippen molar-refractivity contribution in [3.63, 3.8) is 0 Å². The first kappa shape index (κ1) is 20.8. The Labute approximate surface area is 185 Å². The Morgan fingerprint density at radius 1 is 0.903 bits per heavy atom. The number of amides is 3. The molecule has 0 unspecified atom stereocenters. The second-order valence-corrected chi connectivity index (χ2v) is 8.22. The monoisotopic (exact) mass is 432 g/mol. The fraction of sp³-hybridized carbons (Fsp3) is 0.160. The van der Waals surface area contributed by atoms with Crippen LogP contribution in [-0.4, -0.2) is 29.7 Å². The lowest BCUT2D eigenvalue weighted by Gasteiger charge is -2.18. The van der Waals surface area contributed by atoms with Gasteiger partial charge in [-0.15, -0.1) is 0 Å². The van der Waals surface area contributed by atoms with Crippen molar-refractivity contribution in [2.75, 3.05) is 11.9 Å². The SMILES string of the molecule is Cc1ccc(C)c(N2C(=O)c3ccc(C(=O)N(C)Cc4ccc(Cl)cc4)cc3C2=O)c1. The highest BCUT2D eigenvalue weighted by molar-refractivity contribution is 6.35. The van der Waals surface area contributed by atoms with Crippen molar-refractivity contribution in [2.24, 2.45) is 0 Å². The van der Waals surface area contributed by atoms with E-state index in [9.17, 15) is 14.4 Å². The molecule has 0 fully saturated rings. The van der Waals surface area contributed by atoms with E-state index in [1.54, 1.807) is 36.2 Å². The predicted octanol–water partition coefficient (Wildman–Crippen LogP) is 5.03. The quantitative estimate of drug-likeness (QED) is 0.543. The van der Waals surface area contributed by atoms with Gasteiger partial charge in [-0.2, -0.15) is 0 Å². The van der Waals surface area contributed by atoms with Gasteiger partial charge in [0.2, 0.25) is 0 Å². The van der Waals surface area contributed by atoms with Gasteiger partial charge in [-0.1, -0.05) is 35.9 Å². The van der Waals surface area contributed by atoms with Crippen LogP contribution in [0.1, 0.15) is 47.8 Å². The third kappa shape index (κ3) is 3.84. The molecular formula is C25H21ClN2O3. The summed E-state index contributed by atoms with van der Waals surface area (Å²) >= 11 is 5.92. The fourth-order valence-electron chi connectivity index (χ4n) is 3.71. The molecule has 0 N–H and O–H groups in total. The van der Waals surface area contributed by atoms with Crippen LogP contribution >= 0.6 is 11.6 Å².